The molecule has 0 N–H and O–H groups in total. The molecule has 0 bridgehead atoms. The average molecular weight is 306 g/mol. The molecule has 2 aromatic carbocycles. The Kier molecular flexibility index (Phi) is 3.66. The minimum atomic E-state index is -0.783. The third-order valence-electron chi connectivity index (χ3n) is 4.03. The number of para-hydroxylation sites is 1. The molecule has 2 nitrogen and oxygen atoms in total. The summed E-state index contributed by atoms with van der Waals surface area (Å²) in [6.07, 6.45) is 3.69. The Morgan fingerprint density at radius 3 is 2.04 bits per heavy atom. The van der Waals surface area contributed by atoms with Gasteiger partial charge in [-0.1, -0.05) is 76.2 Å². The first-order valence-electron chi connectivity index (χ1n) is 8.93. The van der Waals surface area contributed by atoms with Gasteiger partial charge in [0.2, 0.25) is 0 Å². The molecule has 3 aromatic rings. The third-order valence-corrected chi connectivity index (χ3v) is 4.03. The van der Waals surface area contributed by atoms with E-state index in [4.69, 9.17) is 2.74 Å². The van der Waals surface area contributed by atoms with Crippen molar-refractivity contribution in [3.05, 3.63) is 72.1 Å². The fraction of sp³-hybridized carbons (Fsp3) is 0.286. The molecule has 0 saturated carbocycles. The molecule has 1 heterocycles. The average Bonchev–Trinajstić information content (AvgIpc) is 3.02. The van der Waals surface area contributed by atoms with E-state index in [0.29, 0.717) is 0 Å². The van der Waals surface area contributed by atoms with Crippen LogP contribution in [0, 0.1) is 0 Å². The Bertz CT molecular complexity index is 837. The van der Waals surface area contributed by atoms with Gasteiger partial charge in [-0.2, -0.15) is 0 Å². The zero-order chi connectivity index (χ0) is 18.2. The van der Waals surface area contributed by atoms with Crippen molar-refractivity contribution in [2.45, 2.75) is 39.5 Å². The Morgan fingerprint density at radius 2 is 1.48 bits per heavy atom. The lowest BCUT2D eigenvalue weighted by Crippen LogP contribution is -2.07. The Balaban J connectivity index is 2.33. The number of imidazole rings is 1. The van der Waals surface area contributed by atoms with E-state index in [9.17, 15) is 0 Å². The van der Waals surface area contributed by atoms with Crippen LogP contribution >= 0.6 is 0 Å². The van der Waals surface area contributed by atoms with Gasteiger partial charge in [0.05, 0.1) is 5.69 Å². The van der Waals surface area contributed by atoms with Gasteiger partial charge in [0.15, 0.2) is 0 Å². The molecule has 0 radical (unpaired) electrons. The summed E-state index contributed by atoms with van der Waals surface area (Å²) in [5, 5.41) is 0. The smallest absolute Gasteiger partial charge is 0.144 e. The highest BCUT2D eigenvalue weighted by atomic mass is 15.1. The lowest BCUT2D eigenvalue weighted by atomic mass is 9.92. The predicted molar refractivity (Wildman–Crippen MR) is 97.2 cm³/mol. The molecule has 3 rings (SSSR count). The van der Waals surface area contributed by atoms with Gasteiger partial charge in [-0.25, -0.2) is 4.98 Å². The molecule has 0 spiro atoms. The van der Waals surface area contributed by atoms with Crippen molar-refractivity contribution in [2.75, 3.05) is 0 Å². The van der Waals surface area contributed by atoms with Gasteiger partial charge >= 0.3 is 0 Å². The van der Waals surface area contributed by atoms with Crippen LogP contribution in [0.5, 0.6) is 0 Å². The highest BCUT2D eigenvalue weighted by Gasteiger charge is 2.18. The summed E-state index contributed by atoms with van der Waals surface area (Å²) in [7, 11) is 0. The summed E-state index contributed by atoms with van der Waals surface area (Å²) >= 11 is 0. The maximum absolute atomic E-state index is 8.60. The SMILES string of the molecule is [2H]C(C)(C)c1cccc(C([2H])(C)C)c1-n1ccnc1-c1ccccc1. The Labute approximate surface area is 141 Å². The molecule has 0 saturated heterocycles. The monoisotopic (exact) mass is 306 g/mol. The van der Waals surface area contributed by atoms with Crippen molar-refractivity contribution in [2.24, 2.45) is 0 Å². The zero-order valence-electron chi connectivity index (χ0n) is 16.2. The van der Waals surface area contributed by atoms with Gasteiger partial charge in [0.25, 0.3) is 0 Å². The van der Waals surface area contributed by atoms with Gasteiger partial charge in [0.1, 0.15) is 5.82 Å². The topological polar surface area (TPSA) is 17.8 Å². The van der Waals surface area contributed by atoms with Crippen LogP contribution in [0.2, 0.25) is 0 Å². The van der Waals surface area contributed by atoms with Crippen molar-refractivity contribution in [1.82, 2.24) is 9.55 Å². The molecule has 0 atom stereocenters. The van der Waals surface area contributed by atoms with Crippen molar-refractivity contribution in [1.29, 1.82) is 0 Å². The van der Waals surface area contributed by atoms with E-state index in [2.05, 4.69) is 4.98 Å². The fourth-order valence-corrected chi connectivity index (χ4v) is 2.89. The molecule has 0 aliphatic carbocycles. The van der Waals surface area contributed by atoms with Crippen LogP contribution in [0.4, 0.5) is 0 Å². The minimum Gasteiger partial charge on any atom is -0.299 e. The largest absolute Gasteiger partial charge is 0.299 e. The van der Waals surface area contributed by atoms with Crippen LogP contribution in [0.1, 0.15) is 53.4 Å². The second kappa shape index (κ2) is 6.41. The summed E-state index contributed by atoms with van der Waals surface area (Å²) < 4.78 is 19.2. The van der Waals surface area contributed by atoms with E-state index in [0.717, 1.165) is 28.2 Å². The van der Waals surface area contributed by atoms with E-state index in [1.54, 1.807) is 6.20 Å². The number of rotatable bonds is 4. The van der Waals surface area contributed by atoms with Crippen LogP contribution in [0.3, 0.4) is 0 Å². The van der Waals surface area contributed by atoms with E-state index in [1.807, 2.05) is 87.0 Å². The van der Waals surface area contributed by atoms with Crippen LogP contribution in [-0.4, -0.2) is 9.55 Å². The summed E-state index contributed by atoms with van der Waals surface area (Å²) in [6.45, 7) is 7.52. The van der Waals surface area contributed by atoms with Crippen LogP contribution in [0.15, 0.2) is 60.9 Å². The molecule has 118 valence electrons. The van der Waals surface area contributed by atoms with E-state index < -0.39 is 11.8 Å². The number of benzene rings is 2. The summed E-state index contributed by atoms with van der Waals surface area (Å²) in [4.78, 5) is 4.55. The molecule has 0 aliphatic heterocycles. The standard InChI is InChI=1S/C21H24N2/c1-15(2)18-11-8-12-19(16(3)4)20(18)23-14-13-22-21(23)17-9-6-5-7-10-17/h5-16H,1-4H3/i15D,16D. The van der Waals surface area contributed by atoms with Crippen molar-refractivity contribution < 1.29 is 2.74 Å². The number of hydrogen-bond donors (Lipinski definition) is 0. The third kappa shape index (κ3) is 2.94. The predicted octanol–water partition coefficient (Wildman–Crippen LogP) is 5.79. The first kappa shape index (κ1) is 13.1. The molecule has 0 amide bonds. The quantitative estimate of drug-likeness (QED) is 0.597. The van der Waals surface area contributed by atoms with Crippen molar-refractivity contribution >= 4 is 0 Å². The first-order valence-corrected chi connectivity index (χ1v) is 7.93. The van der Waals surface area contributed by atoms with E-state index in [-0.39, 0.29) is 0 Å². The second-order valence-corrected chi connectivity index (χ2v) is 6.19. The van der Waals surface area contributed by atoms with Gasteiger partial charge in [-0.05, 0) is 22.9 Å². The molecular formula is C21H24N2. The molecule has 0 unspecified atom stereocenters. The van der Waals surface area contributed by atoms with Gasteiger partial charge in [-0.15, -0.1) is 0 Å². The van der Waals surface area contributed by atoms with Gasteiger partial charge in [0, 0.05) is 20.7 Å². The minimum absolute atomic E-state index is 0.783. The van der Waals surface area contributed by atoms with Crippen molar-refractivity contribution in [3.63, 3.8) is 0 Å². The lowest BCUT2D eigenvalue weighted by molar-refractivity contribution is 0.807. The number of nitrogens with zero attached hydrogens (tertiary/aromatic N) is 2. The molecular weight excluding hydrogens is 280 g/mol. The molecule has 23 heavy (non-hydrogen) atoms. The molecule has 0 fully saturated rings. The Hall–Kier alpha value is -2.35. The van der Waals surface area contributed by atoms with Gasteiger partial charge < -0.3 is 0 Å². The van der Waals surface area contributed by atoms with Crippen molar-refractivity contribution in [3.8, 4) is 17.1 Å². The maximum atomic E-state index is 8.60. The van der Waals surface area contributed by atoms with E-state index in [1.165, 1.54) is 0 Å². The normalized spacial score (nSPS) is 13.6. The van der Waals surface area contributed by atoms with Gasteiger partial charge in [-0.3, -0.25) is 4.57 Å². The van der Waals surface area contributed by atoms with E-state index >= 15 is 0 Å². The molecule has 0 aliphatic rings. The summed E-state index contributed by atoms with van der Waals surface area (Å²) in [5.74, 6) is -0.744. The van der Waals surface area contributed by atoms with Crippen LogP contribution in [0.25, 0.3) is 17.1 Å². The fourth-order valence-electron chi connectivity index (χ4n) is 2.89. The number of aromatic nitrogens is 2. The lowest BCUT2D eigenvalue weighted by Gasteiger charge is -2.21. The molecule has 1 aromatic heterocycles. The molecule has 2 heteroatoms. The highest BCUT2D eigenvalue weighted by molar-refractivity contribution is 5.62. The van der Waals surface area contributed by atoms with Crippen LogP contribution < -0.4 is 0 Å². The highest BCUT2D eigenvalue weighted by Crippen LogP contribution is 2.33. The zero-order valence-corrected chi connectivity index (χ0v) is 14.2. The Morgan fingerprint density at radius 1 is 0.870 bits per heavy atom. The van der Waals surface area contributed by atoms with Crippen LogP contribution in [-0.2, 0) is 0 Å². The summed E-state index contributed by atoms with van der Waals surface area (Å²) in [6, 6.07) is 15.9. The first-order chi connectivity index (χ1) is 11.7. The summed E-state index contributed by atoms with van der Waals surface area (Å²) in [5.41, 5.74) is 3.68. The number of hydrogen-bond acceptors (Lipinski definition) is 1. The maximum Gasteiger partial charge on any atom is 0.144 e. The second-order valence-electron chi connectivity index (χ2n) is 6.19.